The first-order valence-electron chi connectivity index (χ1n) is 10.5. The van der Waals surface area contributed by atoms with Crippen molar-refractivity contribution in [2.75, 3.05) is 19.1 Å². The Hall–Kier alpha value is -3.76. The monoisotopic (exact) mass is 479 g/mol. The molecule has 1 aliphatic heterocycles. The fraction of sp³-hybridized carbons (Fsp3) is 0.269. The summed E-state index contributed by atoms with van der Waals surface area (Å²) in [6, 6.07) is 16.3. The van der Waals surface area contributed by atoms with Crippen molar-refractivity contribution in [3.63, 3.8) is 0 Å². The van der Waals surface area contributed by atoms with Gasteiger partial charge in [0, 0.05) is 0 Å². The second-order valence-electron chi connectivity index (χ2n) is 8.75. The van der Waals surface area contributed by atoms with Crippen molar-refractivity contribution >= 4 is 29.2 Å². The van der Waals surface area contributed by atoms with Crippen LogP contribution in [0.1, 0.15) is 37.8 Å². The molecule has 7 nitrogen and oxygen atoms in total. The molecule has 3 rings (SSSR count). The van der Waals surface area contributed by atoms with Gasteiger partial charge in [-0.15, -0.1) is 0 Å². The van der Waals surface area contributed by atoms with Crippen molar-refractivity contribution in [2.24, 2.45) is 5.73 Å². The van der Waals surface area contributed by atoms with Crippen LogP contribution in [0.3, 0.4) is 0 Å². The maximum atomic E-state index is 13.1. The summed E-state index contributed by atoms with van der Waals surface area (Å²) in [6.45, 7) is 6.13. The molecule has 0 saturated carbocycles. The summed E-state index contributed by atoms with van der Waals surface area (Å²) in [5, 5.41) is 10.4. The van der Waals surface area contributed by atoms with E-state index in [1.54, 1.807) is 42.5 Å². The fourth-order valence-electron chi connectivity index (χ4n) is 3.92. The highest BCUT2D eigenvalue weighted by Crippen LogP contribution is 2.45. The quantitative estimate of drug-likeness (QED) is 0.642. The Bertz CT molecular complexity index is 1240. The van der Waals surface area contributed by atoms with Gasteiger partial charge in [-0.3, -0.25) is 4.90 Å². The molecule has 1 unspecified atom stereocenters. The molecular weight excluding hydrogens is 454 g/mol. The highest BCUT2D eigenvalue weighted by Gasteiger charge is 2.43. The van der Waals surface area contributed by atoms with Crippen LogP contribution in [-0.4, -0.2) is 26.2 Å². The van der Waals surface area contributed by atoms with Crippen LogP contribution in [0.25, 0.3) is 0 Å². The zero-order chi connectivity index (χ0) is 25.2. The number of anilines is 1. The minimum Gasteiger partial charge on any atom is -0.466 e. The van der Waals surface area contributed by atoms with E-state index in [0.29, 0.717) is 11.3 Å². The minimum absolute atomic E-state index is 0.0326. The Kier molecular flexibility index (Phi) is 7.04. The van der Waals surface area contributed by atoms with Crippen LogP contribution in [0.15, 0.2) is 71.2 Å². The van der Waals surface area contributed by atoms with Crippen LogP contribution in [0.5, 0.6) is 0 Å². The summed E-state index contributed by atoms with van der Waals surface area (Å²) in [7, 11) is 2.40. The summed E-state index contributed by atoms with van der Waals surface area (Å²) in [5.41, 5.74) is 8.05. The second kappa shape index (κ2) is 9.62. The SMILES string of the molecule is COC(=O)C1=C(C(=O)OC)N(c2ccc(C(C)(C)C)cc2Cl)C(N)=C(C#N)C1c1ccccc1. The van der Waals surface area contributed by atoms with E-state index >= 15 is 0 Å². The molecule has 0 spiro atoms. The molecule has 0 aromatic heterocycles. The van der Waals surface area contributed by atoms with E-state index in [0.717, 1.165) is 5.56 Å². The zero-order valence-corrected chi connectivity index (χ0v) is 20.4. The van der Waals surface area contributed by atoms with E-state index in [4.69, 9.17) is 26.8 Å². The summed E-state index contributed by atoms with van der Waals surface area (Å²) in [4.78, 5) is 27.5. The molecule has 0 fully saturated rings. The Morgan fingerprint density at radius 3 is 2.18 bits per heavy atom. The number of halogens is 1. The number of nitrogens with two attached hydrogens (primary N) is 1. The molecule has 0 amide bonds. The van der Waals surface area contributed by atoms with Crippen LogP contribution >= 0.6 is 11.6 Å². The zero-order valence-electron chi connectivity index (χ0n) is 19.7. The maximum Gasteiger partial charge on any atom is 0.355 e. The number of benzene rings is 2. The molecule has 34 heavy (non-hydrogen) atoms. The number of nitriles is 1. The standard InChI is InChI=1S/C26H26ClN3O4/c1-26(2,3)16-11-12-19(18(27)13-16)30-22(25(32)34-5)21(24(31)33-4)20(17(14-28)23(30)29)15-9-7-6-8-10-15/h6-13,20H,29H2,1-5H3. The average molecular weight is 480 g/mol. The number of allylic oxidation sites excluding steroid dienone is 1. The lowest BCUT2D eigenvalue weighted by molar-refractivity contribution is -0.139. The third-order valence-electron chi connectivity index (χ3n) is 5.66. The number of hydrogen-bond donors (Lipinski definition) is 1. The number of ether oxygens (including phenoxy) is 2. The van der Waals surface area contributed by atoms with Crippen molar-refractivity contribution in [3.8, 4) is 6.07 Å². The average Bonchev–Trinajstić information content (AvgIpc) is 2.82. The molecule has 1 heterocycles. The number of esters is 2. The predicted molar refractivity (Wildman–Crippen MR) is 130 cm³/mol. The van der Waals surface area contributed by atoms with Crippen molar-refractivity contribution in [1.82, 2.24) is 0 Å². The van der Waals surface area contributed by atoms with E-state index in [1.807, 2.05) is 26.8 Å². The molecule has 2 aromatic carbocycles. The Morgan fingerprint density at radius 2 is 1.68 bits per heavy atom. The van der Waals surface area contributed by atoms with Crippen LogP contribution in [0, 0.1) is 11.3 Å². The summed E-state index contributed by atoms with van der Waals surface area (Å²) in [5.74, 6) is -2.58. The minimum atomic E-state index is -0.934. The highest BCUT2D eigenvalue weighted by atomic mass is 35.5. The smallest absolute Gasteiger partial charge is 0.355 e. The number of carbonyl (C=O) groups excluding carboxylic acids is 2. The van der Waals surface area contributed by atoms with E-state index in [1.165, 1.54) is 19.1 Å². The van der Waals surface area contributed by atoms with Crippen LogP contribution < -0.4 is 10.6 Å². The van der Waals surface area contributed by atoms with E-state index in [-0.39, 0.29) is 33.1 Å². The highest BCUT2D eigenvalue weighted by molar-refractivity contribution is 6.33. The molecule has 8 heteroatoms. The first kappa shape index (κ1) is 24.9. The first-order valence-corrected chi connectivity index (χ1v) is 10.9. The Labute approximate surface area is 204 Å². The van der Waals surface area contributed by atoms with Crippen molar-refractivity contribution in [1.29, 1.82) is 5.26 Å². The molecule has 0 bridgehead atoms. The summed E-state index contributed by atoms with van der Waals surface area (Å²) < 4.78 is 10.1. The van der Waals surface area contributed by atoms with Crippen LogP contribution in [0.4, 0.5) is 5.69 Å². The van der Waals surface area contributed by atoms with Gasteiger partial charge in [-0.05, 0) is 28.7 Å². The van der Waals surface area contributed by atoms with Gasteiger partial charge < -0.3 is 15.2 Å². The molecule has 2 N–H and O–H groups in total. The van der Waals surface area contributed by atoms with Gasteiger partial charge in [0.05, 0.1) is 48.1 Å². The van der Waals surface area contributed by atoms with E-state index in [9.17, 15) is 14.9 Å². The number of hydrogen-bond acceptors (Lipinski definition) is 7. The fourth-order valence-corrected chi connectivity index (χ4v) is 4.18. The molecule has 176 valence electrons. The molecule has 0 aliphatic carbocycles. The first-order chi connectivity index (χ1) is 16.1. The largest absolute Gasteiger partial charge is 0.466 e. The van der Waals surface area contributed by atoms with Gasteiger partial charge in [0.15, 0.2) is 0 Å². The maximum absolute atomic E-state index is 13.1. The van der Waals surface area contributed by atoms with Gasteiger partial charge in [0.1, 0.15) is 11.5 Å². The van der Waals surface area contributed by atoms with E-state index < -0.39 is 17.9 Å². The topological polar surface area (TPSA) is 106 Å². The molecule has 1 atom stereocenters. The molecule has 0 saturated heterocycles. The third-order valence-corrected chi connectivity index (χ3v) is 5.97. The Balaban J connectivity index is 2.40. The summed E-state index contributed by atoms with van der Waals surface area (Å²) in [6.07, 6.45) is 0. The van der Waals surface area contributed by atoms with Crippen molar-refractivity contribution in [3.05, 3.63) is 87.3 Å². The Morgan fingerprint density at radius 1 is 1.06 bits per heavy atom. The predicted octanol–water partition coefficient (Wildman–Crippen LogP) is 4.54. The lowest BCUT2D eigenvalue weighted by Crippen LogP contribution is -2.41. The number of carbonyl (C=O) groups is 2. The van der Waals surface area contributed by atoms with Gasteiger partial charge in [-0.1, -0.05) is 68.8 Å². The van der Waals surface area contributed by atoms with Gasteiger partial charge in [-0.2, -0.15) is 5.26 Å². The second-order valence-corrected chi connectivity index (χ2v) is 9.16. The normalized spacial score (nSPS) is 16.3. The van der Waals surface area contributed by atoms with Gasteiger partial charge in [-0.25, -0.2) is 9.59 Å². The number of rotatable bonds is 4. The van der Waals surface area contributed by atoms with Crippen LogP contribution in [0.2, 0.25) is 5.02 Å². The summed E-state index contributed by atoms with van der Waals surface area (Å²) >= 11 is 6.66. The molecule has 2 aromatic rings. The molecular formula is C26H26ClN3O4. The van der Waals surface area contributed by atoms with Crippen molar-refractivity contribution in [2.45, 2.75) is 32.1 Å². The lowest BCUT2D eigenvalue weighted by Gasteiger charge is -2.36. The van der Waals surface area contributed by atoms with Gasteiger partial charge >= 0.3 is 11.9 Å². The molecule has 0 radical (unpaired) electrons. The lowest BCUT2D eigenvalue weighted by atomic mass is 9.80. The van der Waals surface area contributed by atoms with Gasteiger partial charge in [0.2, 0.25) is 0 Å². The van der Waals surface area contributed by atoms with Gasteiger partial charge in [0.25, 0.3) is 0 Å². The third kappa shape index (κ3) is 4.37. The van der Waals surface area contributed by atoms with Crippen molar-refractivity contribution < 1.29 is 19.1 Å². The number of methoxy groups -OCH3 is 2. The van der Waals surface area contributed by atoms with E-state index in [2.05, 4.69) is 6.07 Å². The number of nitrogens with zero attached hydrogens (tertiary/aromatic N) is 2. The van der Waals surface area contributed by atoms with Crippen LogP contribution in [-0.2, 0) is 24.5 Å². The molecule has 1 aliphatic rings.